The van der Waals surface area contributed by atoms with Crippen LogP contribution >= 0.6 is 0 Å². The van der Waals surface area contributed by atoms with Gasteiger partial charge in [-0.1, -0.05) is 179 Å². The topological polar surface area (TPSA) is 3.24 Å². The van der Waals surface area contributed by atoms with Crippen LogP contribution < -0.4 is 4.90 Å². The van der Waals surface area contributed by atoms with Gasteiger partial charge >= 0.3 is 0 Å². The number of fused-ring (bicyclic) bond motifs is 11. The van der Waals surface area contributed by atoms with Crippen LogP contribution in [0.15, 0.2) is 176 Å². The lowest BCUT2D eigenvalue weighted by Crippen LogP contribution is -2.18. The van der Waals surface area contributed by atoms with Gasteiger partial charge in [-0.15, -0.1) is 0 Å². The summed E-state index contributed by atoms with van der Waals surface area (Å²) in [5.74, 6) is 0. The molecule has 0 radical (unpaired) electrons. The van der Waals surface area contributed by atoms with Crippen LogP contribution in [-0.4, -0.2) is 0 Å². The number of nitrogens with zero attached hydrogens (tertiary/aromatic N) is 1. The molecular formula is C54H41N. The summed E-state index contributed by atoms with van der Waals surface area (Å²) >= 11 is 0. The molecule has 9 aromatic carbocycles. The van der Waals surface area contributed by atoms with E-state index in [1.54, 1.807) is 0 Å². The molecular weight excluding hydrogens is 663 g/mol. The first-order chi connectivity index (χ1) is 26.8. The highest BCUT2D eigenvalue weighted by molar-refractivity contribution is 6.10. The molecule has 0 amide bonds. The average molecular weight is 704 g/mol. The van der Waals surface area contributed by atoms with Gasteiger partial charge in [0, 0.05) is 27.6 Å². The van der Waals surface area contributed by atoms with Crippen molar-refractivity contribution in [2.75, 3.05) is 4.90 Å². The second-order valence-corrected chi connectivity index (χ2v) is 16.5. The third-order valence-electron chi connectivity index (χ3n) is 12.8. The molecule has 0 bridgehead atoms. The fourth-order valence-corrected chi connectivity index (χ4v) is 10.3. The Morgan fingerprint density at radius 1 is 0.364 bits per heavy atom. The van der Waals surface area contributed by atoms with Gasteiger partial charge in [0.25, 0.3) is 0 Å². The van der Waals surface area contributed by atoms with Crippen molar-refractivity contribution in [3.05, 3.63) is 198 Å². The van der Waals surface area contributed by atoms with Crippen molar-refractivity contribution in [3.63, 3.8) is 0 Å². The van der Waals surface area contributed by atoms with E-state index in [1.807, 2.05) is 0 Å². The Morgan fingerprint density at radius 3 is 1.33 bits per heavy atom. The molecule has 1 nitrogen and oxygen atoms in total. The summed E-state index contributed by atoms with van der Waals surface area (Å²) in [7, 11) is 0. The highest BCUT2D eigenvalue weighted by Crippen LogP contribution is 2.60. The molecule has 0 fully saturated rings. The standard InChI is InChI=1S/C54H41N/c1-53(2)45-26-13-11-23-43(45)49-47(32-36-17-6-9-21-41(36)51(49)53)55(38-30-28-35(29-31-38)40-25-15-19-34-16-5-8-20-39(34)40)48-33-37-18-7-10-22-42(37)52-50(48)44-24-12-14-27-46(44)54(52,3)4/h5-33H,1-4H3. The van der Waals surface area contributed by atoms with Crippen molar-refractivity contribution in [1.29, 1.82) is 0 Å². The molecule has 0 unspecified atom stereocenters. The van der Waals surface area contributed by atoms with E-state index >= 15 is 0 Å². The van der Waals surface area contributed by atoms with Crippen LogP contribution in [0.25, 0.3) is 65.7 Å². The van der Waals surface area contributed by atoms with E-state index in [4.69, 9.17) is 0 Å². The first kappa shape index (κ1) is 32.0. The molecule has 0 aromatic heterocycles. The van der Waals surface area contributed by atoms with Crippen LogP contribution in [0.4, 0.5) is 17.1 Å². The van der Waals surface area contributed by atoms with Gasteiger partial charge in [0.1, 0.15) is 0 Å². The van der Waals surface area contributed by atoms with Gasteiger partial charge in [-0.25, -0.2) is 0 Å². The van der Waals surface area contributed by atoms with E-state index < -0.39 is 0 Å². The summed E-state index contributed by atoms with van der Waals surface area (Å²) in [6, 6.07) is 65.7. The lowest BCUT2D eigenvalue weighted by atomic mass is 9.79. The number of rotatable bonds is 4. The summed E-state index contributed by atoms with van der Waals surface area (Å²) in [4.78, 5) is 2.60. The van der Waals surface area contributed by atoms with Gasteiger partial charge in [0.05, 0.1) is 11.4 Å². The van der Waals surface area contributed by atoms with Gasteiger partial charge in [-0.3, -0.25) is 0 Å². The molecule has 55 heavy (non-hydrogen) atoms. The number of hydrogen-bond acceptors (Lipinski definition) is 1. The third kappa shape index (κ3) is 4.47. The molecule has 0 saturated heterocycles. The molecule has 11 rings (SSSR count). The van der Waals surface area contributed by atoms with Crippen molar-refractivity contribution in [3.8, 4) is 33.4 Å². The summed E-state index contributed by atoms with van der Waals surface area (Å²) in [6.07, 6.45) is 0. The zero-order valence-electron chi connectivity index (χ0n) is 31.7. The SMILES string of the molecule is CC1(C)c2ccccc2-c2c(N(c3ccc(-c4cccc5ccccc45)cc3)c3cc4ccccc4c4c3-c3ccccc3C4(C)C)cc3ccccc3c21. The predicted octanol–water partition coefficient (Wildman–Crippen LogP) is 14.9. The Labute approximate surface area is 323 Å². The monoisotopic (exact) mass is 703 g/mol. The van der Waals surface area contributed by atoms with Crippen LogP contribution in [0.5, 0.6) is 0 Å². The number of benzene rings is 9. The molecule has 0 spiro atoms. The normalized spacial score (nSPS) is 14.5. The van der Waals surface area contributed by atoms with Gasteiger partial charge in [0.2, 0.25) is 0 Å². The molecule has 262 valence electrons. The van der Waals surface area contributed by atoms with Crippen LogP contribution in [0.1, 0.15) is 49.9 Å². The Balaban J connectivity index is 1.26. The molecule has 2 aliphatic carbocycles. The van der Waals surface area contributed by atoms with E-state index in [0.717, 1.165) is 5.69 Å². The minimum atomic E-state index is -0.175. The van der Waals surface area contributed by atoms with Gasteiger partial charge in [0.15, 0.2) is 0 Å². The Bertz CT molecular complexity index is 2880. The minimum absolute atomic E-state index is 0.175. The molecule has 0 N–H and O–H groups in total. The smallest absolute Gasteiger partial charge is 0.0549 e. The molecule has 0 heterocycles. The van der Waals surface area contributed by atoms with Gasteiger partial charge in [-0.2, -0.15) is 0 Å². The molecule has 1 heteroatoms. The molecule has 0 aliphatic heterocycles. The maximum Gasteiger partial charge on any atom is 0.0549 e. The zero-order valence-corrected chi connectivity index (χ0v) is 31.7. The quantitative estimate of drug-likeness (QED) is 0.176. The Kier molecular flexibility index (Phi) is 6.72. The van der Waals surface area contributed by atoms with E-state index in [0.29, 0.717) is 0 Å². The first-order valence-electron chi connectivity index (χ1n) is 19.5. The van der Waals surface area contributed by atoms with Crippen LogP contribution in [0.2, 0.25) is 0 Å². The van der Waals surface area contributed by atoms with Crippen molar-refractivity contribution < 1.29 is 0 Å². The van der Waals surface area contributed by atoms with E-state index in [2.05, 4.69) is 209 Å². The molecule has 0 atom stereocenters. The van der Waals surface area contributed by atoms with Crippen LogP contribution in [-0.2, 0) is 10.8 Å². The molecule has 2 aliphatic rings. The second-order valence-electron chi connectivity index (χ2n) is 16.5. The number of anilines is 3. The highest BCUT2D eigenvalue weighted by atomic mass is 15.1. The van der Waals surface area contributed by atoms with Gasteiger partial charge in [-0.05, 0) is 101 Å². The summed E-state index contributed by atoms with van der Waals surface area (Å²) in [5, 5.41) is 7.69. The Morgan fingerprint density at radius 2 is 0.782 bits per heavy atom. The largest absolute Gasteiger partial charge is 0.309 e. The minimum Gasteiger partial charge on any atom is -0.309 e. The first-order valence-corrected chi connectivity index (χ1v) is 19.5. The second kappa shape index (κ2) is 11.5. The Hall–Kier alpha value is -6.44. The molecule has 9 aromatic rings. The fourth-order valence-electron chi connectivity index (χ4n) is 10.3. The van der Waals surface area contributed by atoms with Crippen molar-refractivity contribution >= 4 is 49.4 Å². The van der Waals surface area contributed by atoms with Gasteiger partial charge < -0.3 is 4.90 Å². The van der Waals surface area contributed by atoms with Crippen LogP contribution in [0, 0.1) is 0 Å². The summed E-state index contributed by atoms with van der Waals surface area (Å²) in [5.41, 5.74) is 16.5. The van der Waals surface area contributed by atoms with Crippen LogP contribution in [0.3, 0.4) is 0 Å². The summed E-state index contributed by atoms with van der Waals surface area (Å²) in [6.45, 7) is 9.63. The maximum atomic E-state index is 2.60. The van der Waals surface area contributed by atoms with Crippen molar-refractivity contribution in [1.82, 2.24) is 0 Å². The summed E-state index contributed by atoms with van der Waals surface area (Å²) < 4.78 is 0. The van der Waals surface area contributed by atoms with E-state index in [-0.39, 0.29) is 10.8 Å². The number of hydrogen-bond donors (Lipinski definition) is 0. The maximum absolute atomic E-state index is 2.60. The van der Waals surface area contributed by atoms with Crippen molar-refractivity contribution in [2.45, 2.75) is 38.5 Å². The lowest BCUT2D eigenvalue weighted by molar-refractivity contribution is 0.666. The average Bonchev–Trinajstić information content (AvgIpc) is 3.62. The third-order valence-corrected chi connectivity index (χ3v) is 12.8. The zero-order chi connectivity index (χ0) is 37.1. The fraction of sp³-hybridized carbons (Fsp3) is 0.111. The predicted molar refractivity (Wildman–Crippen MR) is 234 cm³/mol. The highest BCUT2D eigenvalue weighted by Gasteiger charge is 2.42. The van der Waals surface area contributed by atoms with E-state index in [1.165, 1.54) is 99.3 Å². The van der Waals surface area contributed by atoms with E-state index in [9.17, 15) is 0 Å². The van der Waals surface area contributed by atoms with Crippen molar-refractivity contribution in [2.24, 2.45) is 0 Å². The lowest BCUT2D eigenvalue weighted by Gasteiger charge is -2.33. The molecule has 0 saturated carbocycles.